The highest BCUT2D eigenvalue weighted by Crippen LogP contribution is 2.29. The first-order valence-electron chi connectivity index (χ1n) is 7.85. The molecule has 24 heavy (non-hydrogen) atoms. The molecule has 1 amide bonds. The van der Waals surface area contributed by atoms with Crippen LogP contribution >= 0.6 is 11.6 Å². The number of benzene rings is 2. The number of carbonyl (C=O) groups excluding carboxylic acids is 1. The Balaban J connectivity index is 1.87. The molecular formula is C19H21ClN2O2. The summed E-state index contributed by atoms with van der Waals surface area (Å²) in [5.74, 6) is -0.0142. The van der Waals surface area contributed by atoms with E-state index >= 15 is 0 Å². The summed E-state index contributed by atoms with van der Waals surface area (Å²) in [6.07, 6.45) is 0. The molecule has 1 aliphatic heterocycles. The lowest BCUT2D eigenvalue weighted by molar-refractivity contribution is 0.0642. The molecule has 1 atom stereocenters. The van der Waals surface area contributed by atoms with E-state index < -0.39 is 5.54 Å². The summed E-state index contributed by atoms with van der Waals surface area (Å²) < 4.78 is 5.35. The van der Waals surface area contributed by atoms with Crippen LogP contribution in [0.2, 0.25) is 5.02 Å². The van der Waals surface area contributed by atoms with E-state index in [1.165, 1.54) is 0 Å². The fourth-order valence-corrected chi connectivity index (χ4v) is 3.38. The molecule has 2 aromatic carbocycles. The predicted octanol–water partition coefficient (Wildman–Crippen LogP) is 3.10. The van der Waals surface area contributed by atoms with Crippen LogP contribution in [0.5, 0.6) is 0 Å². The Morgan fingerprint density at radius 2 is 1.96 bits per heavy atom. The largest absolute Gasteiger partial charge is 0.382 e. The van der Waals surface area contributed by atoms with Crippen LogP contribution < -0.4 is 5.73 Å². The van der Waals surface area contributed by atoms with Crippen molar-refractivity contribution in [3.05, 3.63) is 69.7 Å². The maximum absolute atomic E-state index is 12.7. The lowest BCUT2D eigenvalue weighted by atomic mass is 9.90. The van der Waals surface area contributed by atoms with Gasteiger partial charge in [-0.25, -0.2) is 0 Å². The van der Waals surface area contributed by atoms with Gasteiger partial charge in [-0.05, 0) is 36.2 Å². The second-order valence-corrected chi connectivity index (χ2v) is 6.85. The molecule has 0 saturated carbocycles. The van der Waals surface area contributed by atoms with E-state index in [1.54, 1.807) is 24.1 Å². The number of methoxy groups -OCH3 is 1. The highest BCUT2D eigenvalue weighted by atomic mass is 35.5. The van der Waals surface area contributed by atoms with Crippen molar-refractivity contribution >= 4 is 17.5 Å². The highest BCUT2D eigenvalue weighted by Gasteiger charge is 2.36. The number of hydrogen-bond acceptors (Lipinski definition) is 3. The number of amides is 1. The first kappa shape index (κ1) is 17.0. The predicted molar refractivity (Wildman–Crippen MR) is 95.1 cm³/mol. The molecule has 2 aromatic rings. The fourth-order valence-electron chi connectivity index (χ4n) is 3.18. The fraction of sp³-hybridized carbons (Fsp3) is 0.316. The van der Waals surface area contributed by atoms with Crippen LogP contribution in [0.15, 0.2) is 42.5 Å². The number of ether oxygens (including phenoxy) is 1. The minimum atomic E-state index is -0.760. The minimum Gasteiger partial charge on any atom is -0.382 e. The van der Waals surface area contributed by atoms with Crippen molar-refractivity contribution in [3.63, 3.8) is 0 Å². The first-order valence-corrected chi connectivity index (χ1v) is 8.23. The number of halogens is 1. The second-order valence-electron chi connectivity index (χ2n) is 6.42. The maximum atomic E-state index is 12.7. The number of hydrogen-bond donors (Lipinski definition) is 1. The zero-order valence-corrected chi connectivity index (χ0v) is 14.6. The van der Waals surface area contributed by atoms with Crippen molar-refractivity contribution in [1.82, 2.24) is 4.90 Å². The van der Waals surface area contributed by atoms with E-state index in [-0.39, 0.29) is 5.91 Å². The molecule has 5 heteroatoms. The van der Waals surface area contributed by atoms with Crippen molar-refractivity contribution in [2.45, 2.75) is 19.0 Å². The van der Waals surface area contributed by atoms with Crippen molar-refractivity contribution in [1.29, 1.82) is 0 Å². The molecule has 0 aliphatic carbocycles. The van der Waals surface area contributed by atoms with Gasteiger partial charge in [0.25, 0.3) is 5.91 Å². The van der Waals surface area contributed by atoms with E-state index in [1.807, 2.05) is 37.3 Å². The summed E-state index contributed by atoms with van der Waals surface area (Å²) in [5, 5.41) is 0.637. The third kappa shape index (κ3) is 3.18. The van der Waals surface area contributed by atoms with Crippen molar-refractivity contribution in [2.75, 3.05) is 20.3 Å². The van der Waals surface area contributed by atoms with Crippen LogP contribution in [-0.2, 0) is 16.8 Å². The van der Waals surface area contributed by atoms with E-state index in [0.29, 0.717) is 30.3 Å². The van der Waals surface area contributed by atoms with Gasteiger partial charge in [0.2, 0.25) is 0 Å². The number of fused-ring (bicyclic) bond motifs is 1. The van der Waals surface area contributed by atoms with Crippen LogP contribution in [0.3, 0.4) is 0 Å². The van der Waals surface area contributed by atoms with Gasteiger partial charge in [-0.15, -0.1) is 0 Å². The number of rotatable bonds is 5. The Morgan fingerprint density at radius 1 is 1.25 bits per heavy atom. The van der Waals surface area contributed by atoms with Crippen molar-refractivity contribution in [2.24, 2.45) is 5.73 Å². The summed E-state index contributed by atoms with van der Waals surface area (Å²) in [6.45, 7) is 3.26. The van der Waals surface area contributed by atoms with Gasteiger partial charge in [-0.1, -0.05) is 41.4 Å². The van der Waals surface area contributed by atoms with Gasteiger partial charge in [0.15, 0.2) is 0 Å². The molecule has 0 spiro atoms. The van der Waals surface area contributed by atoms with E-state index in [0.717, 1.165) is 16.7 Å². The number of carbonyl (C=O) groups is 1. The Kier molecular flexibility index (Phi) is 4.63. The van der Waals surface area contributed by atoms with Gasteiger partial charge in [-0.3, -0.25) is 4.79 Å². The Bertz CT molecular complexity index is 760. The standard InChI is InChI=1S/C19H21ClN2O2/c1-13-3-5-15(6-4-13)19(21,12-24-2)11-22-10-14-9-16(20)7-8-17(14)18(22)23/h3-9H,10-12,21H2,1-2H3. The van der Waals surface area contributed by atoms with Gasteiger partial charge < -0.3 is 15.4 Å². The zero-order valence-electron chi connectivity index (χ0n) is 13.9. The smallest absolute Gasteiger partial charge is 0.254 e. The molecule has 0 saturated heterocycles. The summed E-state index contributed by atoms with van der Waals surface area (Å²) in [7, 11) is 1.62. The van der Waals surface area contributed by atoms with Gasteiger partial charge in [-0.2, -0.15) is 0 Å². The topological polar surface area (TPSA) is 55.6 Å². The van der Waals surface area contributed by atoms with Crippen LogP contribution in [-0.4, -0.2) is 31.1 Å². The quantitative estimate of drug-likeness (QED) is 0.906. The van der Waals surface area contributed by atoms with Gasteiger partial charge in [0.1, 0.15) is 0 Å². The molecule has 2 N–H and O–H groups in total. The monoisotopic (exact) mass is 344 g/mol. The SMILES string of the molecule is COCC(N)(CN1Cc2cc(Cl)ccc2C1=O)c1ccc(C)cc1. The van der Waals surface area contributed by atoms with Crippen LogP contribution in [0, 0.1) is 6.92 Å². The highest BCUT2D eigenvalue weighted by molar-refractivity contribution is 6.30. The number of nitrogens with two attached hydrogens (primary N) is 1. The Morgan fingerprint density at radius 3 is 2.62 bits per heavy atom. The van der Waals surface area contributed by atoms with Crippen molar-refractivity contribution < 1.29 is 9.53 Å². The van der Waals surface area contributed by atoms with E-state index in [2.05, 4.69) is 0 Å². The van der Waals surface area contributed by atoms with Gasteiger partial charge in [0.05, 0.1) is 12.1 Å². The molecule has 0 aromatic heterocycles. The van der Waals surface area contributed by atoms with Crippen LogP contribution in [0.1, 0.15) is 27.0 Å². The first-order chi connectivity index (χ1) is 11.4. The lowest BCUT2D eigenvalue weighted by Gasteiger charge is -2.33. The molecule has 1 aliphatic rings. The average Bonchev–Trinajstić information content (AvgIpc) is 2.83. The Labute approximate surface area is 147 Å². The Hall–Kier alpha value is -1.88. The van der Waals surface area contributed by atoms with Gasteiger partial charge >= 0.3 is 0 Å². The normalized spacial score (nSPS) is 16.2. The average molecular weight is 345 g/mol. The molecular weight excluding hydrogens is 324 g/mol. The minimum absolute atomic E-state index is 0.0142. The summed E-state index contributed by atoms with van der Waals surface area (Å²) in [6, 6.07) is 13.4. The van der Waals surface area contributed by atoms with Crippen LogP contribution in [0.4, 0.5) is 0 Å². The third-order valence-corrected chi connectivity index (χ3v) is 4.68. The summed E-state index contributed by atoms with van der Waals surface area (Å²) in [5.41, 5.74) is 9.64. The van der Waals surface area contributed by atoms with E-state index in [9.17, 15) is 4.79 Å². The van der Waals surface area contributed by atoms with Crippen LogP contribution in [0.25, 0.3) is 0 Å². The molecule has 0 fully saturated rings. The molecule has 0 bridgehead atoms. The number of aryl methyl sites for hydroxylation is 1. The van der Waals surface area contributed by atoms with Gasteiger partial charge in [0, 0.05) is 30.8 Å². The number of nitrogens with zero attached hydrogens (tertiary/aromatic N) is 1. The molecule has 1 unspecified atom stereocenters. The third-order valence-electron chi connectivity index (χ3n) is 4.45. The second kappa shape index (κ2) is 6.55. The molecule has 4 nitrogen and oxygen atoms in total. The maximum Gasteiger partial charge on any atom is 0.254 e. The molecule has 1 heterocycles. The molecule has 0 radical (unpaired) electrons. The lowest BCUT2D eigenvalue weighted by Crippen LogP contribution is -2.51. The van der Waals surface area contributed by atoms with E-state index in [4.69, 9.17) is 22.1 Å². The summed E-state index contributed by atoms with van der Waals surface area (Å²) >= 11 is 6.04. The van der Waals surface area contributed by atoms with Crippen molar-refractivity contribution in [3.8, 4) is 0 Å². The molecule has 3 rings (SSSR count). The summed E-state index contributed by atoms with van der Waals surface area (Å²) in [4.78, 5) is 14.4. The zero-order chi connectivity index (χ0) is 17.3. The molecule has 126 valence electrons.